The molecule has 0 radical (unpaired) electrons. The number of ketones is 2. The Balaban J connectivity index is 1.79. The van der Waals surface area contributed by atoms with Crippen LogP contribution < -0.4 is 9.47 Å². The summed E-state index contributed by atoms with van der Waals surface area (Å²) in [4.78, 5) is 26.1. The second-order valence-corrected chi connectivity index (χ2v) is 7.55. The van der Waals surface area contributed by atoms with Crippen molar-refractivity contribution in [3.05, 3.63) is 59.7 Å². The molecule has 6 nitrogen and oxygen atoms in total. The summed E-state index contributed by atoms with van der Waals surface area (Å²) in [6.45, 7) is 0. The first-order chi connectivity index (χ1) is 14.9. The standard InChI is InChI=1S/C25H26O6/c1-30-21-9-5-17(15-19(21)26)7-11-23(28)25(13-3-4-14-25)24(29)12-8-18-6-10-22(31-2)20(27)16-18/h5-12,15-16,26-27H,3-4,13-14H2,1-2H3/b11-7+,12-8+. The molecule has 6 heteroatoms. The minimum Gasteiger partial charge on any atom is -0.504 e. The lowest BCUT2D eigenvalue weighted by Crippen LogP contribution is -2.34. The largest absolute Gasteiger partial charge is 0.504 e. The zero-order valence-electron chi connectivity index (χ0n) is 17.6. The summed E-state index contributed by atoms with van der Waals surface area (Å²) in [5.74, 6) is 0.171. The average Bonchev–Trinajstić information content (AvgIpc) is 3.27. The summed E-state index contributed by atoms with van der Waals surface area (Å²) in [7, 11) is 2.93. The molecule has 0 atom stereocenters. The molecule has 31 heavy (non-hydrogen) atoms. The van der Waals surface area contributed by atoms with Gasteiger partial charge in [-0.05, 0) is 60.4 Å². The number of phenols is 2. The van der Waals surface area contributed by atoms with E-state index in [0.29, 0.717) is 35.5 Å². The minimum atomic E-state index is -1.07. The van der Waals surface area contributed by atoms with E-state index >= 15 is 0 Å². The Kier molecular flexibility index (Phi) is 6.80. The minimum absolute atomic E-state index is 0.0190. The molecule has 2 aromatic carbocycles. The summed E-state index contributed by atoms with van der Waals surface area (Å²) in [5, 5.41) is 19.8. The summed E-state index contributed by atoms with van der Waals surface area (Å²) < 4.78 is 10.0. The Morgan fingerprint density at radius 3 is 1.58 bits per heavy atom. The van der Waals surface area contributed by atoms with Crippen LogP contribution in [-0.4, -0.2) is 36.0 Å². The van der Waals surface area contributed by atoms with Gasteiger partial charge in [0, 0.05) is 0 Å². The molecular weight excluding hydrogens is 396 g/mol. The van der Waals surface area contributed by atoms with Gasteiger partial charge in [-0.15, -0.1) is 0 Å². The van der Waals surface area contributed by atoms with Crippen LogP contribution in [0, 0.1) is 5.41 Å². The molecule has 162 valence electrons. The zero-order chi connectivity index (χ0) is 22.4. The van der Waals surface area contributed by atoms with Crippen LogP contribution in [0.1, 0.15) is 36.8 Å². The quantitative estimate of drug-likeness (QED) is 0.479. The van der Waals surface area contributed by atoms with Gasteiger partial charge in [0.15, 0.2) is 34.6 Å². The fraction of sp³-hybridized carbons (Fsp3) is 0.280. The molecule has 3 rings (SSSR count). The van der Waals surface area contributed by atoms with Crippen molar-refractivity contribution in [1.29, 1.82) is 0 Å². The number of carbonyl (C=O) groups is 2. The Bertz CT molecular complexity index is 951. The molecule has 1 aliphatic carbocycles. The lowest BCUT2D eigenvalue weighted by atomic mass is 9.77. The smallest absolute Gasteiger partial charge is 0.169 e. The molecule has 2 aromatic rings. The molecule has 2 N–H and O–H groups in total. The van der Waals surface area contributed by atoms with E-state index in [1.54, 1.807) is 36.4 Å². The number of benzene rings is 2. The molecule has 1 saturated carbocycles. The van der Waals surface area contributed by atoms with Gasteiger partial charge in [0.25, 0.3) is 0 Å². The van der Waals surface area contributed by atoms with Gasteiger partial charge in [-0.2, -0.15) is 0 Å². The summed E-state index contributed by atoms with van der Waals surface area (Å²) in [5.41, 5.74) is 0.198. The van der Waals surface area contributed by atoms with E-state index < -0.39 is 5.41 Å². The predicted octanol–water partition coefficient (Wildman–Crippen LogP) is 4.54. The van der Waals surface area contributed by atoms with Crippen molar-refractivity contribution in [3.8, 4) is 23.0 Å². The number of allylic oxidation sites excluding steroid dienone is 2. The second-order valence-electron chi connectivity index (χ2n) is 7.55. The van der Waals surface area contributed by atoms with Crippen molar-refractivity contribution in [3.63, 3.8) is 0 Å². The van der Waals surface area contributed by atoms with Gasteiger partial charge in [0.05, 0.1) is 19.6 Å². The maximum atomic E-state index is 13.1. The molecule has 0 saturated heterocycles. The maximum absolute atomic E-state index is 13.1. The highest BCUT2D eigenvalue weighted by Gasteiger charge is 2.44. The maximum Gasteiger partial charge on any atom is 0.169 e. The number of hydrogen-bond donors (Lipinski definition) is 2. The average molecular weight is 422 g/mol. The molecule has 0 heterocycles. The monoisotopic (exact) mass is 422 g/mol. The van der Waals surface area contributed by atoms with Crippen molar-refractivity contribution in [2.75, 3.05) is 14.2 Å². The van der Waals surface area contributed by atoms with Gasteiger partial charge in [0.1, 0.15) is 0 Å². The third kappa shape index (κ3) is 4.79. The number of methoxy groups -OCH3 is 2. The molecule has 0 spiro atoms. The van der Waals surface area contributed by atoms with Crippen molar-refractivity contribution in [2.24, 2.45) is 5.41 Å². The van der Waals surface area contributed by atoms with Crippen molar-refractivity contribution < 1.29 is 29.3 Å². The Hall–Kier alpha value is -3.54. The van der Waals surface area contributed by atoms with Crippen molar-refractivity contribution >= 4 is 23.7 Å². The fourth-order valence-corrected chi connectivity index (χ4v) is 3.88. The van der Waals surface area contributed by atoms with E-state index in [4.69, 9.17) is 9.47 Å². The Morgan fingerprint density at radius 1 is 0.806 bits per heavy atom. The molecule has 1 fully saturated rings. The zero-order valence-corrected chi connectivity index (χ0v) is 17.6. The summed E-state index contributed by atoms with van der Waals surface area (Å²) in [6.07, 6.45) is 8.65. The Morgan fingerprint density at radius 2 is 1.23 bits per heavy atom. The number of rotatable bonds is 8. The number of hydrogen-bond acceptors (Lipinski definition) is 6. The van der Waals surface area contributed by atoms with Crippen molar-refractivity contribution in [1.82, 2.24) is 0 Å². The van der Waals surface area contributed by atoms with Gasteiger partial charge in [-0.3, -0.25) is 9.59 Å². The Labute approximate surface area is 181 Å². The van der Waals surface area contributed by atoms with Crippen LogP contribution in [0.4, 0.5) is 0 Å². The normalized spacial score (nSPS) is 15.4. The predicted molar refractivity (Wildman–Crippen MR) is 118 cm³/mol. The van der Waals surface area contributed by atoms with E-state index in [0.717, 1.165) is 12.8 Å². The van der Waals surface area contributed by atoms with Gasteiger partial charge in [-0.1, -0.05) is 37.1 Å². The third-order valence-corrected chi connectivity index (χ3v) is 5.66. The van der Waals surface area contributed by atoms with Crippen LogP contribution in [0.3, 0.4) is 0 Å². The number of aromatic hydroxyl groups is 2. The van der Waals surface area contributed by atoms with Gasteiger partial charge in [0.2, 0.25) is 0 Å². The second kappa shape index (κ2) is 9.51. The number of carbonyl (C=O) groups excluding carboxylic acids is 2. The van der Waals surface area contributed by atoms with E-state index in [1.165, 1.54) is 38.5 Å². The SMILES string of the molecule is COc1ccc(/C=C/C(=O)C2(C(=O)/C=C/c3ccc(OC)c(O)c3)CCCC2)cc1O. The van der Waals surface area contributed by atoms with Crippen LogP contribution in [0.25, 0.3) is 12.2 Å². The number of ether oxygens (including phenoxy) is 2. The van der Waals surface area contributed by atoms with E-state index in [9.17, 15) is 19.8 Å². The molecule has 0 aliphatic heterocycles. The number of phenolic OH excluding ortho intramolecular Hbond substituents is 2. The molecule has 1 aliphatic rings. The lowest BCUT2D eigenvalue weighted by Gasteiger charge is -2.22. The fourth-order valence-electron chi connectivity index (χ4n) is 3.88. The van der Waals surface area contributed by atoms with E-state index in [2.05, 4.69) is 0 Å². The highest BCUT2D eigenvalue weighted by molar-refractivity contribution is 6.17. The van der Waals surface area contributed by atoms with Gasteiger partial charge >= 0.3 is 0 Å². The third-order valence-electron chi connectivity index (χ3n) is 5.66. The molecule has 0 amide bonds. The first-order valence-corrected chi connectivity index (χ1v) is 10.1. The van der Waals surface area contributed by atoms with Crippen LogP contribution in [0.2, 0.25) is 0 Å². The van der Waals surface area contributed by atoms with E-state index in [-0.39, 0.29) is 23.1 Å². The molecular formula is C25H26O6. The van der Waals surface area contributed by atoms with E-state index in [1.807, 2.05) is 0 Å². The van der Waals surface area contributed by atoms with Crippen LogP contribution in [0.15, 0.2) is 48.6 Å². The molecule has 0 bridgehead atoms. The first-order valence-electron chi connectivity index (χ1n) is 10.1. The highest BCUT2D eigenvalue weighted by Crippen LogP contribution is 2.41. The lowest BCUT2D eigenvalue weighted by molar-refractivity contribution is -0.134. The topological polar surface area (TPSA) is 93.1 Å². The summed E-state index contributed by atoms with van der Waals surface area (Å²) in [6, 6.07) is 9.68. The summed E-state index contributed by atoms with van der Waals surface area (Å²) >= 11 is 0. The molecule has 0 aromatic heterocycles. The first kappa shape index (κ1) is 22.2. The highest BCUT2D eigenvalue weighted by atomic mass is 16.5. The molecule has 0 unspecified atom stereocenters. The van der Waals surface area contributed by atoms with Crippen LogP contribution in [-0.2, 0) is 9.59 Å². The van der Waals surface area contributed by atoms with Crippen LogP contribution >= 0.6 is 0 Å². The van der Waals surface area contributed by atoms with Gasteiger partial charge in [-0.25, -0.2) is 0 Å². The van der Waals surface area contributed by atoms with Crippen molar-refractivity contribution in [2.45, 2.75) is 25.7 Å². The van der Waals surface area contributed by atoms with Gasteiger partial charge < -0.3 is 19.7 Å². The van der Waals surface area contributed by atoms with Crippen LogP contribution in [0.5, 0.6) is 23.0 Å².